The zero-order valence-corrected chi connectivity index (χ0v) is 12.2. The Labute approximate surface area is 127 Å². The van der Waals surface area contributed by atoms with Crippen molar-refractivity contribution in [2.45, 2.75) is 68.3 Å². The molecule has 1 heterocycles. The van der Waals surface area contributed by atoms with E-state index in [1.54, 1.807) is 6.92 Å². The molecule has 0 spiro atoms. The average Bonchev–Trinajstić information content (AvgIpc) is 2.49. The lowest BCUT2D eigenvalue weighted by atomic mass is 9.79. The van der Waals surface area contributed by atoms with Crippen LogP contribution in [0.3, 0.4) is 0 Å². The smallest absolute Gasteiger partial charge is 0.183 e. The van der Waals surface area contributed by atoms with E-state index in [4.69, 9.17) is 4.74 Å². The summed E-state index contributed by atoms with van der Waals surface area (Å²) in [6, 6.07) is -1.51. The van der Waals surface area contributed by atoms with Crippen molar-refractivity contribution < 1.29 is 40.5 Å². The Morgan fingerprint density at radius 2 is 1.55 bits per heavy atom. The summed E-state index contributed by atoms with van der Waals surface area (Å²) in [7, 11) is 0. The Balaban J connectivity index is 2.08. The highest BCUT2D eigenvalue weighted by Crippen LogP contribution is 2.28. The van der Waals surface area contributed by atoms with Crippen LogP contribution in [0.2, 0.25) is 0 Å². The van der Waals surface area contributed by atoms with Crippen LogP contribution in [0.5, 0.6) is 0 Å². The third-order valence-electron chi connectivity index (χ3n) is 4.66. The first-order chi connectivity index (χ1) is 10.3. The number of nitrogens with one attached hydrogen (secondary N) is 1. The number of aliphatic hydroxyl groups excluding tert-OH is 7. The van der Waals surface area contributed by atoms with Crippen LogP contribution in [0.4, 0.5) is 0 Å². The number of rotatable bonds is 3. The average molecular weight is 323 g/mol. The molecule has 1 aliphatic carbocycles. The van der Waals surface area contributed by atoms with Gasteiger partial charge in [-0.15, -0.1) is 0 Å². The second kappa shape index (κ2) is 7.04. The standard InChI is InChI=1S/C13H25NO8/c1-4-7(10(18)12(20)13(21)22-4)14-6-2-5(3-15)8(16)11(19)9(6)17/h4-21H,2-3H2,1H3/t4-,5-,6+,7-,8-,9+,10+,11+,12-,13+/m1/s1. The molecule has 0 aromatic rings. The van der Waals surface area contributed by atoms with E-state index in [1.807, 2.05) is 0 Å². The van der Waals surface area contributed by atoms with Gasteiger partial charge in [-0.1, -0.05) is 0 Å². The summed E-state index contributed by atoms with van der Waals surface area (Å²) in [5, 5.41) is 70.9. The highest BCUT2D eigenvalue weighted by Gasteiger charge is 2.47. The maximum Gasteiger partial charge on any atom is 0.183 e. The van der Waals surface area contributed by atoms with Crippen molar-refractivity contribution >= 4 is 0 Å². The van der Waals surface area contributed by atoms with Gasteiger partial charge in [0, 0.05) is 18.6 Å². The monoisotopic (exact) mass is 323 g/mol. The Morgan fingerprint density at radius 3 is 2.14 bits per heavy atom. The fourth-order valence-corrected chi connectivity index (χ4v) is 3.20. The Bertz CT molecular complexity index is 370. The van der Waals surface area contributed by atoms with Crippen molar-refractivity contribution in [3.8, 4) is 0 Å². The topological polar surface area (TPSA) is 163 Å². The van der Waals surface area contributed by atoms with Crippen LogP contribution < -0.4 is 5.32 Å². The zero-order chi connectivity index (χ0) is 16.6. The van der Waals surface area contributed by atoms with Gasteiger partial charge in [-0.25, -0.2) is 0 Å². The molecular weight excluding hydrogens is 298 g/mol. The van der Waals surface area contributed by atoms with Gasteiger partial charge in [0.15, 0.2) is 6.29 Å². The highest BCUT2D eigenvalue weighted by molar-refractivity contribution is 5.00. The summed E-state index contributed by atoms with van der Waals surface area (Å²) in [5.74, 6) is -0.622. The van der Waals surface area contributed by atoms with Gasteiger partial charge in [0.1, 0.15) is 18.3 Å². The SMILES string of the molecule is C[C@H]1O[C@H](O)[C@H](O)[C@@H](O)[C@@H]1N[C@H]1C[C@H](CO)[C@@H](O)[C@H](O)[C@H]1O. The fraction of sp³-hybridized carbons (Fsp3) is 1.00. The molecule has 2 fully saturated rings. The predicted molar refractivity (Wildman–Crippen MR) is 72.5 cm³/mol. The molecule has 2 rings (SSSR count). The zero-order valence-electron chi connectivity index (χ0n) is 12.2. The Kier molecular flexibility index (Phi) is 5.75. The first kappa shape index (κ1) is 18.0. The molecule has 130 valence electrons. The maximum absolute atomic E-state index is 10.1. The molecule has 1 saturated heterocycles. The summed E-state index contributed by atoms with van der Waals surface area (Å²) in [6.45, 7) is 1.23. The summed E-state index contributed by atoms with van der Waals surface area (Å²) < 4.78 is 5.10. The van der Waals surface area contributed by atoms with Gasteiger partial charge in [-0.2, -0.15) is 0 Å². The van der Waals surface area contributed by atoms with Crippen LogP contribution in [0, 0.1) is 5.92 Å². The van der Waals surface area contributed by atoms with Crippen LogP contribution >= 0.6 is 0 Å². The molecule has 0 aromatic heterocycles. The van der Waals surface area contributed by atoms with Crippen molar-refractivity contribution in [3.63, 3.8) is 0 Å². The third-order valence-corrected chi connectivity index (χ3v) is 4.66. The molecule has 0 unspecified atom stereocenters. The molecule has 1 saturated carbocycles. The minimum absolute atomic E-state index is 0.171. The first-order valence-electron chi connectivity index (χ1n) is 7.38. The molecule has 0 aromatic carbocycles. The van der Waals surface area contributed by atoms with Gasteiger partial charge in [-0.05, 0) is 13.3 Å². The van der Waals surface area contributed by atoms with Crippen molar-refractivity contribution in [3.05, 3.63) is 0 Å². The third kappa shape index (κ3) is 3.28. The summed E-state index contributed by atoms with van der Waals surface area (Å²) in [5.41, 5.74) is 0. The number of ether oxygens (including phenoxy) is 1. The minimum Gasteiger partial charge on any atom is -0.396 e. The van der Waals surface area contributed by atoms with Gasteiger partial charge >= 0.3 is 0 Å². The molecule has 9 nitrogen and oxygen atoms in total. The number of aliphatic hydroxyl groups is 7. The molecule has 8 N–H and O–H groups in total. The van der Waals surface area contributed by atoms with Gasteiger partial charge in [-0.3, -0.25) is 0 Å². The van der Waals surface area contributed by atoms with Crippen molar-refractivity contribution in [2.75, 3.05) is 6.61 Å². The van der Waals surface area contributed by atoms with Crippen LogP contribution in [-0.2, 0) is 4.74 Å². The Morgan fingerprint density at radius 1 is 0.909 bits per heavy atom. The molecular formula is C13H25NO8. The van der Waals surface area contributed by atoms with E-state index >= 15 is 0 Å². The van der Waals surface area contributed by atoms with E-state index in [0.717, 1.165) is 0 Å². The van der Waals surface area contributed by atoms with Gasteiger partial charge in [0.05, 0.1) is 24.4 Å². The normalized spacial score (nSPS) is 53.5. The highest BCUT2D eigenvalue weighted by atomic mass is 16.6. The largest absolute Gasteiger partial charge is 0.396 e. The molecule has 10 atom stereocenters. The van der Waals surface area contributed by atoms with Gasteiger partial charge < -0.3 is 45.8 Å². The predicted octanol–water partition coefficient (Wildman–Crippen LogP) is -4.13. The molecule has 0 amide bonds. The van der Waals surface area contributed by atoms with Gasteiger partial charge in [0.2, 0.25) is 0 Å². The van der Waals surface area contributed by atoms with Crippen molar-refractivity contribution in [2.24, 2.45) is 5.92 Å². The van der Waals surface area contributed by atoms with Crippen LogP contribution in [0.15, 0.2) is 0 Å². The summed E-state index contributed by atoms with van der Waals surface area (Å²) >= 11 is 0. The van der Waals surface area contributed by atoms with E-state index in [-0.39, 0.29) is 13.0 Å². The van der Waals surface area contributed by atoms with E-state index in [0.29, 0.717) is 0 Å². The second-order valence-electron chi connectivity index (χ2n) is 6.16. The quantitative estimate of drug-likeness (QED) is 0.258. The maximum atomic E-state index is 10.1. The second-order valence-corrected chi connectivity index (χ2v) is 6.16. The lowest BCUT2D eigenvalue weighted by molar-refractivity contribution is -0.256. The Hall–Kier alpha value is -0.360. The van der Waals surface area contributed by atoms with Crippen molar-refractivity contribution in [1.29, 1.82) is 0 Å². The first-order valence-corrected chi connectivity index (χ1v) is 7.38. The molecule has 2 aliphatic rings. The van der Waals surface area contributed by atoms with Crippen LogP contribution in [-0.4, -0.2) is 97.4 Å². The number of hydrogen-bond acceptors (Lipinski definition) is 9. The van der Waals surface area contributed by atoms with Crippen LogP contribution in [0.1, 0.15) is 13.3 Å². The lowest BCUT2D eigenvalue weighted by Crippen LogP contribution is -2.67. The lowest BCUT2D eigenvalue weighted by Gasteiger charge is -2.45. The van der Waals surface area contributed by atoms with Gasteiger partial charge in [0.25, 0.3) is 0 Å². The molecule has 9 heteroatoms. The molecule has 22 heavy (non-hydrogen) atoms. The molecule has 1 aliphatic heterocycles. The van der Waals surface area contributed by atoms with E-state index < -0.39 is 60.9 Å². The van der Waals surface area contributed by atoms with E-state index in [9.17, 15) is 35.7 Å². The van der Waals surface area contributed by atoms with E-state index in [2.05, 4.69) is 5.32 Å². The van der Waals surface area contributed by atoms with Crippen molar-refractivity contribution in [1.82, 2.24) is 5.32 Å². The molecule has 0 bridgehead atoms. The fourth-order valence-electron chi connectivity index (χ4n) is 3.20. The summed E-state index contributed by atoms with van der Waals surface area (Å²) in [4.78, 5) is 0. The summed E-state index contributed by atoms with van der Waals surface area (Å²) in [6.07, 6.45) is -8.80. The number of hydrogen-bond donors (Lipinski definition) is 8. The van der Waals surface area contributed by atoms with E-state index in [1.165, 1.54) is 0 Å². The minimum atomic E-state index is -1.50. The van der Waals surface area contributed by atoms with Crippen LogP contribution in [0.25, 0.3) is 0 Å². The molecule has 0 radical (unpaired) electrons.